The number of carbonyl (C=O) groups is 1. The molecule has 2 N–H and O–H groups in total. The number of aromatic nitrogens is 1. The van der Waals surface area contributed by atoms with Crippen molar-refractivity contribution < 1.29 is 9.53 Å². The van der Waals surface area contributed by atoms with Crippen LogP contribution >= 0.6 is 11.3 Å². The Labute approximate surface area is 146 Å². The van der Waals surface area contributed by atoms with Gasteiger partial charge in [-0.25, -0.2) is 9.78 Å². The van der Waals surface area contributed by atoms with Gasteiger partial charge in [0.15, 0.2) is 15.8 Å². The molecule has 0 amide bonds. The van der Waals surface area contributed by atoms with E-state index in [0.29, 0.717) is 28.4 Å². The van der Waals surface area contributed by atoms with Crippen LogP contribution < -0.4 is 10.6 Å². The Kier molecular flexibility index (Phi) is 5.35. The standard InChI is InChI=1S/C18H23N3O2S/c1-2-23-17(22)15-16(20-18(19)24-15)21-10-8-14(9-11-21)12-13-6-4-3-5-7-13/h3-7,14H,2,8-12H2,1H3,(H2,19,20). The fraction of sp³-hybridized carbons (Fsp3) is 0.444. The summed E-state index contributed by atoms with van der Waals surface area (Å²) in [5, 5.41) is 0.416. The topological polar surface area (TPSA) is 68.5 Å². The second-order valence-corrected chi connectivity index (χ2v) is 7.08. The molecule has 2 aromatic rings. The first-order valence-corrected chi connectivity index (χ1v) is 9.21. The van der Waals surface area contributed by atoms with Crippen LogP contribution in [-0.2, 0) is 11.2 Å². The zero-order valence-electron chi connectivity index (χ0n) is 13.9. The van der Waals surface area contributed by atoms with Crippen molar-refractivity contribution in [2.45, 2.75) is 26.2 Å². The molecule has 3 rings (SSSR count). The van der Waals surface area contributed by atoms with E-state index in [4.69, 9.17) is 10.5 Å². The van der Waals surface area contributed by atoms with Crippen LogP contribution in [0.15, 0.2) is 30.3 Å². The molecule has 2 heterocycles. The summed E-state index contributed by atoms with van der Waals surface area (Å²) in [6.45, 7) is 3.95. The van der Waals surface area contributed by atoms with E-state index in [1.54, 1.807) is 6.92 Å². The molecule has 1 fully saturated rings. The van der Waals surface area contributed by atoms with Crippen LogP contribution in [0.3, 0.4) is 0 Å². The third kappa shape index (κ3) is 3.87. The zero-order valence-corrected chi connectivity index (χ0v) is 14.7. The van der Waals surface area contributed by atoms with Crippen molar-refractivity contribution in [3.05, 3.63) is 40.8 Å². The maximum Gasteiger partial charge on any atom is 0.352 e. The average molecular weight is 345 g/mol. The number of ether oxygens (including phenoxy) is 1. The highest BCUT2D eigenvalue weighted by Gasteiger charge is 2.27. The molecule has 5 nitrogen and oxygen atoms in total. The molecule has 0 atom stereocenters. The summed E-state index contributed by atoms with van der Waals surface area (Å²) in [6.07, 6.45) is 3.29. The van der Waals surface area contributed by atoms with Crippen LogP contribution in [-0.4, -0.2) is 30.6 Å². The molecule has 1 aliphatic heterocycles. The second kappa shape index (κ2) is 7.66. The molecule has 0 bridgehead atoms. The monoisotopic (exact) mass is 345 g/mol. The number of hydrogen-bond donors (Lipinski definition) is 1. The van der Waals surface area contributed by atoms with Gasteiger partial charge in [0, 0.05) is 13.1 Å². The van der Waals surface area contributed by atoms with E-state index < -0.39 is 0 Å². The SMILES string of the molecule is CCOC(=O)c1sc(N)nc1N1CCC(Cc2ccccc2)CC1. The van der Waals surface area contributed by atoms with Gasteiger partial charge in [-0.3, -0.25) is 0 Å². The lowest BCUT2D eigenvalue weighted by atomic mass is 9.90. The Morgan fingerprint density at radius 3 is 2.71 bits per heavy atom. The first kappa shape index (κ1) is 16.8. The molecule has 24 heavy (non-hydrogen) atoms. The third-order valence-corrected chi connectivity index (χ3v) is 5.22. The van der Waals surface area contributed by atoms with Crippen molar-refractivity contribution in [2.24, 2.45) is 5.92 Å². The van der Waals surface area contributed by atoms with E-state index in [1.165, 1.54) is 16.9 Å². The van der Waals surface area contributed by atoms with Crippen molar-refractivity contribution in [3.8, 4) is 0 Å². The molecule has 1 saturated heterocycles. The lowest BCUT2D eigenvalue weighted by Gasteiger charge is -2.32. The quantitative estimate of drug-likeness (QED) is 0.842. The Morgan fingerprint density at radius 1 is 1.33 bits per heavy atom. The largest absolute Gasteiger partial charge is 0.462 e. The van der Waals surface area contributed by atoms with E-state index in [2.05, 4.69) is 40.2 Å². The van der Waals surface area contributed by atoms with Gasteiger partial charge >= 0.3 is 5.97 Å². The van der Waals surface area contributed by atoms with E-state index in [-0.39, 0.29) is 5.97 Å². The minimum atomic E-state index is -0.326. The minimum Gasteiger partial charge on any atom is -0.462 e. The Bertz CT molecular complexity index is 679. The molecule has 1 aromatic heterocycles. The van der Waals surface area contributed by atoms with Crippen molar-refractivity contribution in [1.29, 1.82) is 0 Å². The van der Waals surface area contributed by atoms with Gasteiger partial charge in [-0.1, -0.05) is 41.7 Å². The predicted octanol–water partition coefficient (Wildman–Crippen LogP) is 3.36. The second-order valence-electron chi connectivity index (χ2n) is 6.05. The number of carbonyl (C=O) groups excluding carboxylic acids is 1. The van der Waals surface area contributed by atoms with Crippen molar-refractivity contribution in [2.75, 3.05) is 30.3 Å². The molecule has 0 saturated carbocycles. The molecule has 1 aliphatic rings. The van der Waals surface area contributed by atoms with E-state index in [1.807, 2.05) is 0 Å². The van der Waals surface area contributed by atoms with Crippen LogP contribution in [0.25, 0.3) is 0 Å². The number of rotatable bonds is 5. The molecule has 6 heteroatoms. The van der Waals surface area contributed by atoms with Crippen molar-refractivity contribution in [3.63, 3.8) is 0 Å². The zero-order chi connectivity index (χ0) is 16.9. The maximum absolute atomic E-state index is 12.1. The molecular weight excluding hydrogens is 322 g/mol. The number of thiazole rings is 1. The van der Waals surface area contributed by atoms with Crippen LogP contribution in [0.4, 0.5) is 10.9 Å². The number of anilines is 2. The summed E-state index contributed by atoms with van der Waals surface area (Å²) in [5.74, 6) is 1.04. The normalized spacial score (nSPS) is 15.5. The minimum absolute atomic E-state index is 0.326. The van der Waals surface area contributed by atoms with Gasteiger partial charge < -0.3 is 15.4 Å². The highest BCUT2D eigenvalue weighted by molar-refractivity contribution is 7.17. The molecule has 0 radical (unpaired) electrons. The number of nitrogens with zero attached hydrogens (tertiary/aromatic N) is 2. The summed E-state index contributed by atoms with van der Waals surface area (Å²) >= 11 is 1.21. The van der Waals surface area contributed by atoms with Crippen LogP contribution in [0, 0.1) is 5.92 Å². The molecular formula is C18H23N3O2S. The van der Waals surface area contributed by atoms with Crippen LogP contribution in [0.2, 0.25) is 0 Å². The Balaban J connectivity index is 1.63. The van der Waals surface area contributed by atoms with Crippen molar-refractivity contribution in [1.82, 2.24) is 4.98 Å². The number of hydrogen-bond acceptors (Lipinski definition) is 6. The summed E-state index contributed by atoms with van der Waals surface area (Å²) in [7, 11) is 0. The van der Waals surface area contributed by atoms with Gasteiger partial charge in [0.05, 0.1) is 6.61 Å². The summed E-state index contributed by atoms with van der Waals surface area (Å²) in [5.41, 5.74) is 7.21. The van der Waals surface area contributed by atoms with Gasteiger partial charge in [-0.15, -0.1) is 0 Å². The van der Waals surface area contributed by atoms with Gasteiger partial charge in [0.1, 0.15) is 0 Å². The number of esters is 1. The smallest absolute Gasteiger partial charge is 0.352 e. The molecule has 0 aliphatic carbocycles. The Hall–Kier alpha value is -2.08. The number of piperidine rings is 1. The first-order chi connectivity index (χ1) is 11.7. The van der Waals surface area contributed by atoms with Crippen molar-refractivity contribution >= 4 is 28.3 Å². The summed E-state index contributed by atoms with van der Waals surface area (Å²) in [6, 6.07) is 10.6. The average Bonchev–Trinajstić information content (AvgIpc) is 2.99. The highest BCUT2D eigenvalue weighted by Crippen LogP contribution is 2.32. The highest BCUT2D eigenvalue weighted by atomic mass is 32.1. The molecule has 0 unspecified atom stereocenters. The molecule has 1 aromatic carbocycles. The van der Waals surface area contributed by atoms with E-state index in [9.17, 15) is 4.79 Å². The third-order valence-electron chi connectivity index (χ3n) is 4.37. The lowest BCUT2D eigenvalue weighted by Crippen LogP contribution is -2.35. The van der Waals surface area contributed by atoms with Gasteiger partial charge in [0.2, 0.25) is 0 Å². The van der Waals surface area contributed by atoms with Gasteiger partial charge in [-0.2, -0.15) is 0 Å². The number of nitrogens with two attached hydrogens (primary N) is 1. The Morgan fingerprint density at radius 2 is 2.04 bits per heavy atom. The summed E-state index contributed by atoms with van der Waals surface area (Å²) < 4.78 is 5.12. The fourth-order valence-electron chi connectivity index (χ4n) is 3.17. The van der Waals surface area contributed by atoms with Crippen LogP contribution in [0.5, 0.6) is 0 Å². The van der Waals surface area contributed by atoms with Crippen LogP contribution in [0.1, 0.15) is 35.0 Å². The first-order valence-electron chi connectivity index (χ1n) is 8.39. The van der Waals surface area contributed by atoms with E-state index in [0.717, 1.165) is 32.4 Å². The fourth-order valence-corrected chi connectivity index (χ4v) is 3.92. The number of nitrogen functional groups attached to an aromatic ring is 1. The number of benzene rings is 1. The van der Waals surface area contributed by atoms with E-state index >= 15 is 0 Å². The molecule has 0 spiro atoms. The molecule has 128 valence electrons. The predicted molar refractivity (Wildman–Crippen MR) is 97.6 cm³/mol. The van der Waals surface area contributed by atoms with Gasteiger partial charge in [-0.05, 0) is 37.7 Å². The summed E-state index contributed by atoms with van der Waals surface area (Å²) in [4.78, 5) is 19.2. The lowest BCUT2D eigenvalue weighted by molar-refractivity contribution is 0.0532. The maximum atomic E-state index is 12.1. The van der Waals surface area contributed by atoms with Gasteiger partial charge in [0.25, 0.3) is 0 Å².